The Morgan fingerprint density at radius 1 is 1.00 bits per heavy atom. The summed E-state index contributed by atoms with van der Waals surface area (Å²) in [5.74, 6) is -4.23. The molecule has 0 radical (unpaired) electrons. The van der Waals surface area contributed by atoms with E-state index in [-0.39, 0.29) is 32.1 Å². The Morgan fingerprint density at radius 2 is 1.74 bits per heavy atom. The van der Waals surface area contributed by atoms with Gasteiger partial charge in [-0.15, -0.1) is 0 Å². The lowest BCUT2D eigenvalue weighted by Gasteiger charge is -2.26. The summed E-state index contributed by atoms with van der Waals surface area (Å²) in [5, 5.41) is 19.3. The van der Waals surface area contributed by atoms with Crippen LogP contribution >= 0.6 is 0 Å². The van der Waals surface area contributed by atoms with Crippen LogP contribution in [0.4, 0.5) is 0 Å². The SMILES string of the molecule is NC(N)=NCCC[C@@H]1NC(=O)[C@H]2OC3C[C@@H](CNC(=O)[C@H](CC(=O)O)NC(=O)CNC1=O)O[C@H]3C2OCc1ccccc1. The van der Waals surface area contributed by atoms with E-state index in [1.807, 2.05) is 30.3 Å². The van der Waals surface area contributed by atoms with Gasteiger partial charge < -0.3 is 52.1 Å². The van der Waals surface area contributed by atoms with E-state index < -0.39 is 85.2 Å². The van der Waals surface area contributed by atoms with Gasteiger partial charge in [0.15, 0.2) is 12.1 Å². The predicted octanol–water partition coefficient (Wildman–Crippen LogP) is -2.76. The molecule has 1 aromatic rings. The molecule has 4 amide bonds. The van der Waals surface area contributed by atoms with Crippen molar-refractivity contribution >= 4 is 35.6 Å². The molecule has 4 bridgehead atoms. The molecule has 9 N–H and O–H groups in total. The highest BCUT2D eigenvalue weighted by molar-refractivity contribution is 5.94. The van der Waals surface area contributed by atoms with Gasteiger partial charge in [0, 0.05) is 19.5 Å². The van der Waals surface area contributed by atoms with E-state index in [1.54, 1.807) is 0 Å². The molecule has 2 unspecified atom stereocenters. The Balaban J connectivity index is 1.57. The molecule has 0 aromatic heterocycles. The van der Waals surface area contributed by atoms with Crippen LogP contribution < -0.4 is 32.7 Å². The predicted molar refractivity (Wildman–Crippen MR) is 149 cm³/mol. The highest BCUT2D eigenvalue weighted by atomic mass is 16.6. The van der Waals surface area contributed by atoms with Gasteiger partial charge in [0.05, 0.1) is 31.8 Å². The van der Waals surface area contributed by atoms with E-state index in [9.17, 15) is 29.1 Å². The summed E-state index contributed by atoms with van der Waals surface area (Å²) < 4.78 is 18.4. The maximum atomic E-state index is 13.5. The fraction of sp³-hybridized carbons (Fsp3) is 0.556. The Bertz CT molecular complexity index is 1210. The number of benzene rings is 1. The minimum Gasteiger partial charge on any atom is -0.481 e. The summed E-state index contributed by atoms with van der Waals surface area (Å²) >= 11 is 0. The number of nitrogens with zero attached hydrogens (tertiary/aromatic N) is 1. The number of amides is 4. The molecule has 16 nitrogen and oxygen atoms in total. The molecular formula is C27H37N7O9. The third-order valence-electron chi connectivity index (χ3n) is 7.23. The minimum atomic E-state index is -1.39. The number of fused-ring (bicyclic) bond motifs is 11. The molecular weight excluding hydrogens is 566 g/mol. The quantitative estimate of drug-likeness (QED) is 0.0659. The van der Waals surface area contributed by atoms with Crippen LogP contribution in [-0.4, -0.2) is 103 Å². The normalized spacial score (nSPS) is 29.6. The van der Waals surface area contributed by atoms with Crippen molar-refractivity contribution in [2.24, 2.45) is 16.5 Å². The Kier molecular flexibility index (Phi) is 10.9. The molecule has 7 atom stereocenters. The van der Waals surface area contributed by atoms with Crippen molar-refractivity contribution in [3.05, 3.63) is 35.9 Å². The number of aliphatic imine (C=N–C) groups is 1. The van der Waals surface area contributed by atoms with Gasteiger partial charge in [0.1, 0.15) is 24.3 Å². The summed E-state index contributed by atoms with van der Waals surface area (Å²) in [6, 6.07) is 6.84. The molecule has 4 aliphatic heterocycles. The van der Waals surface area contributed by atoms with Crippen molar-refractivity contribution in [2.45, 2.75) is 74.9 Å². The lowest BCUT2D eigenvalue weighted by atomic mass is 10.0. The summed E-state index contributed by atoms with van der Waals surface area (Å²) in [7, 11) is 0. The summed E-state index contributed by atoms with van der Waals surface area (Å²) in [5.41, 5.74) is 11.6. The van der Waals surface area contributed by atoms with E-state index in [2.05, 4.69) is 26.3 Å². The molecule has 5 rings (SSSR count). The number of ether oxygens (including phenoxy) is 3. The van der Waals surface area contributed by atoms with Crippen molar-refractivity contribution < 1.29 is 43.3 Å². The van der Waals surface area contributed by atoms with Crippen molar-refractivity contribution in [2.75, 3.05) is 19.6 Å². The second-order valence-electron chi connectivity index (χ2n) is 10.5. The molecule has 4 saturated heterocycles. The molecule has 4 heterocycles. The van der Waals surface area contributed by atoms with E-state index in [4.69, 9.17) is 25.7 Å². The topological polar surface area (TPSA) is 246 Å². The van der Waals surface area contributed by atoms with Crippen molar-refractivity contribution in [1.82, 2.24) is 21.3 Å². The molecule has 16 heteroatoms. The van der Waals surface area contributed by atoms with Crippen LogP contribution in [0.25, 0.3) is 0 Å². The number of nitrogens with two attached hydrogens (primary N) is 2. The lowest BCUT2D eigenvalue weighted by molar-refractivity contribution is -0.144. The van der Waals surface area contributed by atoms with Crippen LogP contribution in [0.2, 0.25) is 0 Å². The molecule has 43 heavy (non-hydrogen) atoms. The van der Waals surface area contributed by atoms with Crippen LogP contribution in [0.3, 0.4) is 0 Å². The van der Waals surface area contributed by atoms with Gasteiger partial charge in [-0.25, -0.2) is 0 Å². The molecule has 0 aliphatic carbocycles. The second kappa shape index (κ2) is 14.8. The number of nitrogens with one attached hydrogen (secondary N) is 4. The van der Waals surface area contributed by atoms with Gasteiger partial charge in [-0.1, -0.05) is 30.3 Å². The van der Waals surface area contributed by atoms with Crippen LogP contribution in [0.5, 0.6) is 0 Å². The van der Waals surface area contributed by atoms with Gasteiger partial charge in [-0.05, 0) is 18.4 Å². The number of carboxylic acids is 1. The maximum Gasteiger partial charge on any atom is 0.305 e. The van der Waals surface area contributed by atoms with E-state index in [0.29, 0.717) is 12.8 Å². The Hall–Kier alpha value is -4.28. The Morgan fingerprint density at radius 3 is 2.47 bits per heavy atom. The van der Waals surface area contributed by atoms with Crippen LogP contribution in [-0.2, 0) is 44.8 Å². The minimum absolute atomic E-state index is 0.0120. The number of carbonyl (C=O) groups excluding carboxylic acids is 4. The first-order valence-corrected chi connectivity index (χ1v) is 14.0. The van der Waals surface area contributed by atoms with E-state index >= 15 is 0 Å². The first-order chi connectivity index (χ1) is 20.6. The smallest absolute Gasteiger partial charge is 0.305 e. The standard InChI is InChI=1S/C27H37N7O9/c28-27(29)30-8-4-7-16-24(38)32-12-19(35)33-17(10-20(36)37)25(39)31-11-15-9-18-21(42-15)22(23(43-18)26(40)34-16)41-13-14-5-2-1-3-6-14/h1-3,5-6,15-18,21-23H,4,7-13H2,(H,31,39)(H,32,38)(H,33,35)(H,34,40)(H,36,37)(H4,28,29,30)/t15-,16-,17-,18?,21+,22?,23-/m0/s1. The molecule has 1 aromatic carbocycles. The largest absolute Gasteiger partial charge is 0.481 e. The summed E-state index contributed by atoms with van der Waals surface area (Å²) in [6.45, 7) is -0.199. The number of carboxylic acid groups (broad SMARTS) is 1. The average molecular weight is 604 g/mol. The van der Waals surface area contributed by atoms with E-state index in [1.165, 1.54) is 0 Å². The third kappa shape index (κ3) is 8.86. The average Bonchev–Trinajstić information content (AvgIpc) is 3.52. The first kappa shape index (κ1) is 31.7. The summed E-state index contributed by atoms with van der Waals surface area (Å²) in [6.07, 6.45) is -3.58. The zero-order valence-corrected chi connectivity index (χ0v) is 23.4. The van der Waals surface area contributed by atoms with Crippen LogP contribution in [0, 0.1) is 0 Å². The summed E-state index contributed by atoms with van der Waals surface area (Å²) in [4.78, 5) is 67.3. The van der Waals surface area contributed by atoms with Gasteiger partial charge in [-0.3, -0.25) is 29.0 Å². The number of rotatable bonds is 9. The monoisotopic (exact) mass is 603 g/mol. The molecule has 0 spiro atoms. The van der Waals surface area contributed by atoms with E-state index in [0.717, 1.165) is 5.56 Å². The van der Waals surface area contributed by atoms with Gasteiger partial charge in [-0.2, -0.15) is 0 Å². The molecule has 4 fully saturated rings. The van der Waals surface area contributed by atoms with Crippen LogP contribution in [0.1, 0.15) is 31.2 Å². The van der Waals surface area contributed by atoms with Gasteiger partial charge >= 0.3 is 5.97 Å². The molecule has 0 saturated carbocycles. The highest BCUT2D eigenvalue weighted by Crippen LogP contribution is 2.36. The Labute approximate surface area is 247 Å². The van der Waals surface area contributed by atoms with Crippen molar-refractivity contribution in [3.63, 3.8) is 0 Å². The van der Waals surface area contributed by atoms with Crippen LogP contribution in [0.15, 0.2) is 35.3 Å². The maximum absolute atomic E-state index is 13.5. The van der Waals surface area contributed by atoms with Gasteiger partial charge in [0.25, 0.3) is 5.91 Å². The first-order valence-electron chi connectivity index (χ1n) is 14.0. The number of hydrogen-bond donors (Lipinski definition) is 7. The fourth-order valence-electron chi connectivity index (χ4n) is 5.19. The third-order valence-corrected chi connectivity index (χ3v) is 7.23. The number of carbonyl (C=O) groups is 5. The number of hydrogen-bond acceptors (Lipinski definition) is 9. The molecule has 4 aliphatic rings. The fourth-order valence-corrected chi connectivity index (χ4v) is 5.19. The van der Waals surface area contributed by atoms with Gasteiger partial charge in [0.2, 0.25) is 17.7 Å². The zero-order chi connectivity index (χ0) is 30.9. The number of aliphatic carboxylic acids is 1. The van der Waals surface area contributed by atoms with Crippen molar-refractivity contribution in [1.29, 1.82) is 0 Å². The lowest BCUT2D eigenvalue weighted by Crippen LogP contribution is -2.54. The van der Waals surface area contributed by atoms with Crippen molar-refractivity contribution in [3.8, 4) is 0 Å². The zero-order valence-electron chi connectivity index (χ0n) is 23.4. The number of guanidine groups is 1. The highest BCUT2D eigenvalue weighted by Gasteiger charge is 2.54. The molecule has 234 valence electrons. The second-order valence-corrected chi connectivity index (χ2v) is 10.5.